The van der Waals surface area contributed by atoms with E-state index in [1.54, 1.807) is 11.6 Å². The maximum absolute atomic E-state index is 8.86. The zero-order valence-electron chi connectivity index (χ0n) is 5.80. The Bertz CT molecular complexity index is 190. The third kappa shape index (κ3) is 2.83. The summed E-state index contributed by atoms with van der Waals surface area (Å²) < 4.78 is 5.00. The molecule has 0 aliphatic rings. The zero-order chi connectivity index (χ0) is 8.10. The summed E-state index contributed by atoms with van der Waals surface area (Å²) in [5, 5.41) is 19.6. The van der Waals surface area contributed by atoms with Gasteiger partial charge in [0.05, 0.1) is 6.61 Å². The van der Waals surface area contributed by atoms with E-state index in [0.29, 0.717) is 5.19 Å². The molecule has 0 aliphatic heterocycles. The number of thiazole rings is 1. The van der Waals surface area contributed by atoms with E-state index >= 15 is 0 Å². The van der Waals surface area contributed by atoms with Gasteiger partial charge in [0.15, 0.2) is 0 Å². The maximum atomic E-state index is 8.86. The van der Waals surface area contributed by atoms with Gasteiger partial charge in [0, 0.05) is 11.6 Å². The molecule has 62 valence electrons. The third-order valence-electron chi connectivity index (χ3n) is 1.02. The average Bonchev–Trinajstić information content (AvgIpc) is 2.52. The van der Waals surface area contributed by atoms with Gasteiger partial charge in [0.2, 0.25) is 0 Å². The lowest BCUT2D eigenvalue weighted by molar-refractivity contribution is 0.0535. The van der Waals surface area contributed by atoms with Crippen LogP contribution in [0, 0.1) is 0 Å². The molecule has 0 saturated heterocycles. The number of aromatic nitrogens is 1. The highest BCUT2D eigenvalue weighted by Gasteiger charge is 2.03. The number of ether oxygens (including phenoxy) is 1. The predicted octanol–water partition coefficient (Wildman–Crippen LogP) is -0.125. The van der Waals surface area contributed by atoms with Crippen molar-refractivity contribution in [3.8, 4) is 5.19 Å². The van der Waals surface area contributed by atoms with Crippen LogP contribution >= 0.6 is 11.3 Å². The van der Waals surface area contributed by atoms with Gasteiger partial charge in [-0.2, -0.15) is 0 Å². The number of rotatable bonds is 4. The fraction of sp³-hybridized carbons (Fsp3) is 0.500. The van der Waals surface area contributed by atoms with Gasteiger partial charge in [-0.3, -0.25) is 0 Å². The number of hydrogen-bond donors (Lipinski definition) is 2. The van der Waals surface area contributed by atoms with Crippen molar-refractivity contribution < 1.29 is 14.9 Å². The largest absolute Gasteiger partial charge is 0.467 e. The molecular weight excluding hydrogens is 166 g/mol. The second kappa shape index (κ2) is 4.27. The smallest absolute Gasteiger partial charge is 0.273 e. The molecule has 0 aliphatic carbocycles. The minimum Gasteiger partial charge on any atom is -0.467 e. The molecule has 0 fully saturated rings. The van der Waals surface area contributed by atoms with Gasteiger partial charge in [-0.15, -0.1) is 0 Å². The third-order valence-corrected chi connectivity index (χ3v) is 1.70. The van der Waals surface area contributed by atoms with Crippen molar-refractivity contribution in [2.45, 2.75) is 6.10 Å². The van der Waals surface area contributed by atoms with Gasteiger partial charge in [0.1, 0.15) is 12.7 Å². The summed E-state index contributed by atoms with van der Waals surface area (Å²) >= 11 is 1.35. The Morgan fingerprint density at radius 3 is 3.09 bits per heavy atom. The number of hydrogen-bond acceptors (Lipinski definition) is 5. The first-order valence-electron chi connectivity index (χ1n) is 3.14. The van der Waals surface area contributed by atoms with E-state index in [0.717, 1.165) is 0 Å². The highest BCUT2D eigenvalue weighted by Crippen LogP contribution is 2.13. The average molecular weight is 175 g/mol. The molecule has 0 saturated carbocycles. The van der Waals surface area contributed by atoms with E-state index < -0.39 is 6.10 Å². The summed E-state index contributed by atoms with van der Waals surface area (Å²) in [6.45, 7) is -0.199. The van der Waals surface area contributed by atoms with Crippen molar-refractivity contribution in [3.63, 3.8) is 0 Å². The minimum atomic E-state index is -0.820. The van der Waals surface area contributed by atoms with E-state index in [9.17, 15) is 0 Å². The van der Waals surface area contributed by atoms with Crippen LogP contribution in [0.2, 0.25) is 0 Å². The fourth-order valence-electron chi connectivity index (χ4n) is 0.502. The molecule has 0 amide bonds. The van der Waals surface area contributed by atoms with Gasteiger partial charge in [0.25, 0.3) is 5.19 Å². The monoisotopic (exact) mass is 175 g/mol. The number of aliphatic hydroxyl groups excluding tert-OH is 2. The first-order valence-corrected chi connectivity index (χ1v) is 4.02. The lowest BCUT2D eigenvalue weighted by atomic mass is 10.4. The van der Waals surface area contributed by atoms with Crippen molar-refractivity contribution in [2.75, 3.05) is 13.2 Å². The lowest BCUT2D eigenvalue weighted by Gasteiger charge is -2.05. The van der Waals surface area contributed by atoms with Gasteiger partial charge in [-0.25, -0.2) is 4.98 Å². The van der Waals surface area contributed by atoms with Crippen LogP contribution in [0.4, 0.5) is 0 Å². The van der Waals surface area contributed by atoms with E-state index in [1.165, 1.54) is 11.3 Å². The Labute approximate surface area is 68.1 Å². The van der Waals surface area contributed by atoms with E-state index in [4.69, 9.17) is 14.9 Å². The topological polar surface area (TPSA) is 62.6 Å². The molecule has 0 aromatic carbocycles. The van der Waals surface area contributed by atoms with Crippen LogP contribution in [0.5, 0.6) is 5.19 Å². The molecule has 4 nitrogen and oxygen atoms in total. The second-order valence-corrected chi connectivity index (χ2v) is 2.80. The first-order chi connectivity index (χ1) is 5.33. The summed E-state index contributed by atoms with van der Waals surface area (Å²) in [5.41, 5.74) is 0. The van der Waals surface area contributed by atoms with Crippen LogP contribution in [0.3, 0.4) is 0 Å². The highest BCUT2D eigenvalue weighted by atomic mass is 32.1. The quantitative estimate of drug-likeness (QED) is 0.669. The SMILES string of the molecule is OC[C@@H](O)COc1nccs1. The van der Waals surface area contributed by atoms with Crippen molar-refractivity contribution in [1.82, 2.24) is 4.98 Å². The zero-order valence-corrected chi connectivity index (χ0v) is 6.62. The van der Waals surface area contributed by atoms with Crippen molar-refractivity contribution in [2.24, 2.45) is 0 Å². The normalized spacial score (nSPS) is 12.9. The molecule has 0 unspecified atom stereocenters. The molecule has 2 N–H and O–H groups in total. The Kier molecular flexibility index (Phi) is 3.28. The summed E-state index contributed by atoms with van der Waals surface area (Å²) in [5.74, 6) is 0. The Morgan fingerprint density at radius 1 is 1.73 bits per heavy atom. The number of aliphatic hydroxyl groups is 2. The van der Waals surface area contributed by atoms with Crippen LogP contribution in [0.15, 0.2) is 11.6 Å². The Hall–Kier alpha value is -0.650. The van der Waals surface area contributed by atoms with Gasteiger partial charge >= 0.3 is 0 Å². The maximum Gasteiger partial charge on any atom is 0.273 e. The van der Waals surface area contributed by atoms with Crippen LogP contribution in [0.25, 0.3) is 0 Å². The Morgan fingerprint density at radius 2 is 2.55 bits per heavy atom. The molecule has 0 radical (unpaired) electrons. The molecule has 0 spiro atoms. The van der Waals surface area contributed by atoms with Crippen LogP contribution in [-0.2, 0) is 0 Å². The summed E-state index contributed by atoms with van der Waals surface area (Å²) in [6, 6.07) is 0. The molecule has 1 heterocycles. The lowest BCUT2D eigenvalue weighted by Crippen LogP contribution is -2.21. The molecule has 1 aromatic heterocycles. The van der Waals surface area contributed by atoms with E-state index in [1.807, 2.05) is 0 Å². The minimum absolute atomic E-state index is 0.0873. The van der Waals surface area contributed by atoms with Crippen molar-refractivity contribution in [1.29, 1.82) is 0 Å². The Balaban J connectivity index is 2.23. The molecule has 5 heteroatoms. The molecular formula is C6H9NO3S. The number of nitrogens with zero attached hydrogens (tertiary/aromatic N) is 1. The summed E-state index contributed by atoms with van der Waals surface area (Å²) in [4.78, 5) is 3.83. The van der Waals surface area contributed by atoms with E-state index in [2.05, 4.69) is 4.98 Å². The summed E-state index contributed by atoms with van der Waals surface area (Å²) in [7, 11) is 0. The van der Waals surface area contributed by atoms with Gasteiger partial charge < -0.3 is 14.9 Å². The van der Waals surface area contributed by atoms with E-state index in [-0.39, 0.29) is 13.2 Å². The molecule has 1 atom stereocenters. The molecule has 11 heavy (non-hydrogen) atoms. The van der Waals surface area contributed by atoms with Crippen LogP contribution in [-0.4, -0.2) is 34.5 Å². The van der Waals surface area contributed by atoms with Gasteiger partial charge in [-0.1, -0.05) is 11.3 Å². The predicted molar refractivity (Wildman–Crippen MR) is 40.7 cm³/mol. The van der Waals surface area contributed by atoms with Crippen molar-refractivity contribution >= 4 is 11.3 Å². The second-order valence-electron chi connectivity index (χ2n) is 1.95. The summed E-state index contributed by atoms with van der Waals surface area (Å²) in [6.07, 6.45) is 0.796. The first kappa shape index (κ1) is 8.45. The van der Waals surface area contributed by atoms with Crippen LogP contribution in [0.1, 0.15) is 0 Å². The van der Waals surface area contributed by atoms with Crippen LogP contribution < -0.4 is 4.74 Å². The molecule has 0 bridgehead atoms. The molecule has 1 aromatic rings. The molecule has 1 rings (SSSR count). The fourth-order valence-corrected chi connectivity index (χ4v) is 0.998. The van der Waals surface area contributed by atoms with Gasteiger partial charge in [-0.05, 0) is 0 Å². The van der Waals surface area contributed by atoms with Crippen molar-refractivity contribution in [3.05, 3.63) is 11.6 Å². The standard InChI is InChI=1S/C6H9NO3S/c8-3-5(9)4-10-6-7-1-2-11-6/h1-2,5,8-9H,3-4H2/t5-/m1/s1. The highest BCUT2D eigenvalue weighted by molar-refractivity contribution is 7.11.